The lowest BCUT2D eigenvalue weighted by Crippen LogP contribution is -2.41. The zero-order chi connectivity index (χ0) is 15.4. The second kappa shape index (κ2) is 6.18. The molecule has 2 rings (SSSR count). The van der Waals surface area contributed by atoms with Crippen LogP contribution in [0.15, 0.2) is 37.6 Å². The molecule has 0 amide bonds. The van der Waals surface area contributed by atoms with E-state index in [4.69, 9.17) is 14.9 Å². The van der Waals surface area contributed by atoms with Gasteiger partial charge < -0.3 is 14.9 Å². The van der Waals surface area contributed by atoms with Crippen molar-refractivity contribution in [2.75, 3.05) is 19.5 Å². The lowest BCUT2D eigenvalue weighted by Gasteiger charge is -2.12. The summed E-state index contributed by atoms with van der Waals surface area (Å²) in [6.07, 6.45) is 1.44. The van der Waals surface area contributed by atoms with Crippen molar-refractivity contribution in [2.45, 2.75) is 13.1 Å². The second-order valence-electron chi connectivity index (χ2n) is 4.22. The number of nitrogen functional groups attached to an aromatic ring is 1. The highest BCUT2D eigenvalue weighted by atomic mass is 16.5. The Balaban J connectivity index is 2.60. The fourth-order valence-corrected chi connectivity index (χ4v) is 1.88. The zero-order valence-corrected chi connectivity index (χ0v) is 11.3. The summed E-state index contributed by atoms with van der Waals surface area (Å²) in [6, 6.07) is 3.29. The van der Waals surface area contributed by atoms with Crippen LogP contribution in [0, 0.1) is 4.91 Å². The summed E-state index contributed by atoms with van der Waals surface area (Å²) in [6.45, 7) is 0.126. The first kappa shape index (κ1) is 14.7. The molecule has 112 valence electrons. The molecule has 0 aliphatic heterocycles. The summed E-state index contributed by atoms with van der Waals surface area (Å²) < 4.78 is 11.9. The van der Waals surface area contributed by atoms with Crippen LogP contribution in [0.1, 0.15) is 5.76 Å². The number of nitrogens with two attached hydrogens (primary N) is 1. The average molecular weight is 294 g/mol. The summed E-state index contributed by atoms with van der Waals surface area (Å²) in [5, 5.41) is 2.63. The second-order valence-corrected chi connectivity index (χ2v) is 4.22. The third kappa shape index (κ3) is 2.77. The van der Waals surface area contributed by atoms with Gasteiger partial charge >= 0.3 is 5.69 Å². The minimum atomic E-state index is -0.833. The topological polar surface area (TPSA) is 122 Å². The number of hydrogen-bond donors (Lipinski definition) is 1. The van der Waals surface area contributed by atoms with Crippen LogP contribution >= 0.6 is 0 Å². The van der Waals surface area contributed by atoms with Gasteiger partial charge in [0.1, 0.15) is 11.6 Å². The molecule has 0 saturated carbocycles. The van der Waals surface area contributed by atoms with Gasteiger partial charge in [-0.25, -0.2) is 4.79 Å². The van der Waals surface area contributed by atoms with E-state index in [1.54, 1.807) is 12.1 Å². The van der Waals surface area contributed by atoms with Crippen molar-refractivity contribution >= 4 is 11.5 Å². The molecule has 0 unspecified atom stereocenters. The number of anilines is 1. The van der Waals surface area contributed by atoms with E-state index in [-0.39, 0.29) is 25.5 Å². The van der Waals surface area contributed by atoms with Crippen molar-refractivity contribution < 1.29 is 9.15 Å². The van der Waals surface area contributed by atoms with Gasteiger partial charge in [0.15, 0.2) is 0 Å². The first-order valence-electron chi connectivity index (χ1n) is 6.08. The van der Waals surface area contributed by atoms with Crippen LogP contribution in [-0.2, 0) is 17.8 Å². The lowest BCUT2D eigenvalue weighted by atomic mass is 10.4. The number of nitroso groups, excluding NO2 is 1. The van der Waals surface area contributed by atoms with Gasteiger partial charge in [0.05, 0.1) is 26.0 Å². The normalized spacial score (nSPS) is 10.7. The third-order valence-electron chi connectivity index (χ3n) is 2.95. The van der Waals surface area contributed by atoms with Crippen LogP contribution < -0.4 is 17.0 Å². The van der Waals surface area contributed by atoms with Gasteiger partial charge in [-0.3, -0.25) is 13.9 Å². The standard InChI is InChI=1S/C12H14N4O5/c1-20-6-4-15-11(17)9(14-19)10(13)16(12(15)18)7-8-3-2-5-21-8/h2-3,5H,4,6-7,13H2,1H3. The molecule has 2 aromatic heterocycles. The molecule has 0 aromatic carbocycles. The molecule has 9 heteroatoms. The first-order valence-corrected chi connectivity index (χ1v) is 6.08. The Bertz CT molecular complexity index is 744. The predicted octanol–water partition coefficient (Wildman–Crippen LogP) is 0.278. The summed E-state index contributed by atoms with van der Waals surface area (Å²) in [5.74, 6) is 0.169. The maximum atomic E-state index is 12.3. The predicted molar refractivity (Wildman–Crippen MR) is 74.5 cm³/mol. The van der Waals surface area contributed by atoms with E-state index in [1.165, 1.54) is 13.4 Å². The monoisotopic (exact) mass is 294 g/mol. The van der Waals surface area contributed by atoms with Crippen LogP contribution in [0.5, 0.6) is 0 Å². The summed E-state index contributed by atoms with van der Waals surface area (Å²) in [4.78, 5) is 35.1. The van der Waals surface area contributed by atoms with Crippen LogP contribution in [0.4, 0.5) is 11.5 Å². The fourth-order valence-electron chi connectivity index (χ4n) is 1.88. The van der Waals surface area contributed by atoms with Crippen molar-refractivity contribution in [1.82, 2.24) is 9.13 Å². The zero-order valence-electron chi connectivity index (χ0n) is 11.3. The number of nitrogens with zero attached hydrogens (tertiary/aromatic N) is 3. The molecule has 0 fully saturated rings. The molecule has 0 aliphatic rings. The molecule has 9 nitrogen and oxygen atoms in total. The molecule has 0 bridgehead atoms. The van der Waals surface area contributed by atoms with E-state index >= 15 is 0 Å². The van der Waals surface area contributed by atoms with Crippen LogP contribution in [0.3, 0.4) is 0 Å². The molecular formula is C12H14N4O5. The molecule has 0 saturated heterocycles. The van der Waals surface area contributed by atoms with E-state index in [2.05, 4.69) is 5.18 Å². The van der Waals surface area contributed by atoms with Crippen molar-refractivity contribution in [3.63, 3.8) is 0 Å². The Kier molecular flexibility index (Phi) is 4.33. The van der Waals surface area contributed by atoms with Gasteiger partial charge in [-0.1, -0.05) is 0 Å². The third-order valence-corrected chi connectivity index (χ3v) is 2.95. The van der Waals surface area contributed by atoms with Crippen LogP contribution in [-0.4, -0.2) is 22.9 Å². The largest absolute Gasteiger partial charge is 0.467 e. The van der Waals surface area contributed by atoms with Gasteiger partial charge in [0.2, 0.25) is 5.69 Å². The molecule has 2 aromatic rings. The van der Waals surface area contributed by atoms with Crippen LogP contribution in [0.2, 0.25) is 0 Å². The number of ether oxygens (including phenoxy) is 1. The Morgan fingerprint density at radius 1 is 1.38 bits per heavy atom. The van der Waals surface area contributed by atoms with Gasteiger partial charge in [0, 0.05) is 7.11 Å². The Morgan fingerprint density at radius 2 is 2.14 bits per heavy atom. The number of rotatable bonds is 6. The van der Waals surface area contributed by atoms with Crippen molar-refractivity contribution in [2.24, 2.45) is 5.18 Å². The number of hydrogen-bond acceptors (Lipinski definition) is 7. The molecule has 21 heavy (non-hydrogen) atoms. The molecule has 2 heterocycles. The van der Waals surface area contributed by atoms with E-state index < -0.39 is 16.9 Å². The quantitative estimate of drug-likeness (QED) is 0.763. The average Bonchev–Trinajstić information content (AvgIpc) is 2.97. The highest BCUT2D eigenvalue weighted by Crippen LogP contribution is 2.15. The molecule has 0 spiro atoms. The SMILES string of the molecule is COCCn1c(=O)c(N=O)c(N)n(Cc2ccco2)c1=O. The van der Waals surface area contributed by atoms with Gasteiger partial charge in [-0.05, 0) is 17.3 Å². The molecule has 2 N–H and O–H groups in total. The maximum Gasteiger partial charge on any atom is 0.333 e. The van der Waals surface area contributed by atoms with Crippen molar-refractivity contribution in [1.29, 1.82) is 0 Å². The minimum Gasteiger partial charge on any atom is -0.467 e. The highest BCUT2D eigenvalue weighted by molar-refractivity contribution is 5.56. The molecule has 0 radical (unpaired) electrons. The van der Waals surface area contributed by atoms with Gasteiger partial charge in [-0.15, -0.1) is 4.91 Å². The fraction of sp³-hybridized carbons (Fsp3) is 0.333. The maximum absolute atomic E-state index is 12.3. The number of furan rings is 1. The van der Waals surface area contributed by atoms with Gasteiger partial charge in [0.25, 0.3) is 5.56 Å². The van der Waals surface area contributed by atoms with Crippen LogP contribution in [0.25, 0.3) is 0 Å². The number of aromatic nitrogens is 2. The Hall–Kier alpha value is -2.68. The van der Waals surface area contributed by atoms with Crippen molar-refractivity contribution in [3.05, 3.63) is 49.9 Å². The Morgan fingerprint density at radius 3 is 2.71 bits per heavy atom. The first-order chi connectivity index (χ1) is 10.1. The smallest absolute Gasteiger partial charge is 0.333 e. The van der Waals surface area contributed by atoms with Crippen molar-refractivity contribution in [3.8, 4) is 0 Å². The summed E-state index contributed by atoms with van der Waals surface area (Å²) in [7, 11) is 1.43. The van der Waals surface area contributed by atoms with E-state index in [0.717, 1.165) is 9.13 Å². The highest BCUT2D eigenvalue weighted by Gasteiger charge is 2.18. The van der Waals surface area contributed by atoms with E-state index in [1.807, 2.05) is 0 Å². The molecule has 0 atom stereocenters. The van der Waals surface area contributed by atoms with Gasteiger partial charge in [-0.2, -0.15) is 0 Å². The summed E-state index contributed by atoms with van der Waals surface area (Å²) in [5.41, 5.74) is 3.70. The van der Waals surface area contributed by atoms with E-state index in [0.29, 0.717) is 5.76 Å². The molecular weight excluding hydrogens is 280 g/mol. The Labute approximate surface area is 118 Å². The van der Waals surface area contributed by atoms with E-state index in [9.17, 15) is 14.5 Å². The summed E-state index contributed by atoms with van der Waals surface area (Å²) >= 11 is 0. The molecule has 0 aliphatic carbocycles. The lowest BCUT2D eigenvalue weighted by molar-refractivity contribution is 0.184. The number of methoxy groups -OCH3 is 1. The minimum absolute atomic E-state index is 0.00484.